The number of halogens is 2. The van der Waals surface area contributed by atoms with E-state index in [2.05, 4.69) is 21.2 Å². The fourth-order valence-corrected chi connectivity index (χ4v) is 2.34. The fraction of sp³-hybridized carbons (Fsp3) is 0.188. The van der Waals surface area contributed by atoms with Crippen LogP contribution in [0.3, 0.4) is 0 Å². The van der Waals surface area contributed by atoms with E-state index in [9.17, 15) is 9.18 Å². The van der Waals surface area contributed by atoms with Crippen LogP contribution in [0, 0.1) is 12.7 Å². The molecule has 2 aromatic carbocycles. The molecule has 2 nitrogen and oxygen atoms in total. The molecule has 0 unspecified atom stereocenters. The maximum atomic E-state index is 13.8. The highest BCUT2D eigenvalue weighted by atomic mass is 79.9. The molecule has 0 saturated heterocycles. The summed E-state index contributed by atoms with van der Waals surface area (Å²) in [4.78, 5) is 11.9. The van der Waals surface area contributed by atoms with Crippen LogP contribution in [-0.2, 0) is 6.42 Å². The van der Waals surface area contributed by atoms with Gasteiger partial charge in [-0.25, -0.2) is 4.39 Å². The van der Waals surface area contributed by atoms with E-state index >= 15 is 0 Å². The molecule has 0 saturated carbocycles. The highest BCUT2D eigenvalue weighted by Crippen LogP contribution is 2.18. The minimum atomic E-state index is -0.527. The lowest BCUT2D eigenvalue weighted by atomic mass is 10.1. The predicted molar refractivity (Wildman–Crippen MR) is 81.3 cm³/mol. The molecule has 0 spiro atoms. The number of hydrogen-bond acceptors (Lipinski definition) is 1. The highest BCUT2D eigenvalue weighted by molar-refractivity contribution is 9.10. The van der Waals surface area contributed by atoms with Gasteiger partial charge in [0.05, 0.1) is 10.0 Å². The van der Waals surface area contributed by atoms with Crippen LogP contribution in [0.2, 0.25) is 0 Å². The van der Waals surface area contributed by atoms with E-state index in [1.807, 2.05) is 31.2 Å². The van der Waals surface area contributed by atoms with Gasteiger partial charge in [-0.3, -0.25) is 4.79 Å². The smallest absolute Gasteiger partial charge is 0.254 e. The van der Waals surface area contributed by atoms with Crippen molar-refractivity contribution in [3.63, 3.8) is 0 Å². The first-order valence-corrected chi connectivity index (χ1v) is 7.15. The number of aryl methyl sites for hydroxylation is 1. The summed E-state index contributed by atoms with van der Waals surface area (Å²) in [6.07, 6.45) is 0.730. The van der Waals surface area contributed by atoms with Crippen LogP contribution < -0.4 is 5.32 Å². The zero-order chi connectivity index (χ0) is 14.5. The molecule has 0 radical (unpaired) electrons. The lowest BCUT2D eigenvalue weighted by Gasteiger charge is -2.08. The monoisotopic (exact) mass is 335 g/mol. The summed E-state index contributed by atoms with van der Waals surface area (Å²) >= 11 is 3.07. The van der Waals surface area contributed by atoms with Crippen LogP contribution in [0.1, 0.15) is 21.5 Å². The summed E-state index contributed by atoms with van der Waals surface area (Å²) < 4.78 is 14.1. The fourth-order valence-electron chi connectivity index (χ4n) is 1.98. The normalized spacial score (nSPS) is 10.3. The topological polar surface area (TPSA) is 29.1 Å². The van der Waals surface area contributed by atoms with Crippen LogP contribution in [0.5, 0.6) is 0 Å². The Labute approximate surface area is 126 Å². The molecular weight excluding hydrogens is 321 g/mol. The zero-order valence-corrected chi connectivity index (χ0v) is 12.7. The number of carbonyl (C=O) groups excluding carboxylic acids is 1. The quantitative estimate of drug-likeness (QED) is 0.902. The van der Waals surface area contributed by atoms with Crippen molar-refractivity contribution >= 4 is 21.8 Å². The predicted octanol–water partition coefficient (Wildman–Crippen LogP) is 3.87. The van der Waals surface area contributed by atoms with Crippen LogP contribution in [0.4, 0.5) is 4.39 Å². The molecule has 0 fully saturated rings. The van der Waals surface area contributed by atoms with E-state index in [1.54, 1.807) is 12.1 Å². The summed E-state index contributed by atoms with van der Waals surface area (Å²) in [5, 5.41) is 2.74. The Bertz CT molecular complexity index is 628. The first-order valence-electron chi connectivity index (χ1n) is 6.36. The van der Waals surface area contributed by atoms with Crippen LogP contribution in [0.15, 0.2) is 46.9 Å². The molecular formula is C16H15BrFNO. The van der Waals surface area contributed by atoms with Crippen molar-refractivity contribution in [3.8, 4) is 0 Å². The maximum Gasteiger partial charge on any atom is 0.254 e. The second-order valence-corrected chi connectivity index (χ2v) is 5.39. The third-order valence-electron chi connectivity index (χ3n) is 3.14. The van der Waals surface area contributed by atoms with Crippen molar-refractivity contribution in [2.45, 2.75) is 13.3 Å². The molecule has 4 heteroatoms. The third-order valence-corrected chi connectivity index (χ3v) is 3.75. The molecule has 1 amide bonds. The highest BCUT2D eigenvalue weighted by Gasteiger charge is 2.13. The van der Waals surface area contributed by atoms with Crippen molar-refractivity contribution in [1.29, 1.82) is 0 Å². The van der Waals surface area contributed by atoms with Crippen LogP contribution >= 0.6 is 15.9 Å². The molecule has 2 aromatic rings. The van der Waals surface area contributed by atoms with Crippen LogP contribution in [0.25, 0.3) is 0 Å². The van der Waals surface area contributed by atoms with E-state index in [0.717, 1.165) is 6.42 Å². The molecule has 2 rings (SSSR count). The van der Waals surface area contributed by atoms with Gasteiger partial charge in [-0.1, -0.05) is 30.3 Å². The van der Waals surface area contributed by atoms with Crippen molar-refractivity contribution < 1.29 is 9.18 Å². The van der Waals surface area contributed by atoms with Crippen molar-refractivity contribution in [2.75, 3.05) is 6.54 Å². The number of rotatable bonds is 4. The van der Waals surface area contributed by atoms with E-state index in [1.165, 1.54) is 17.2 Å². The van der Waals surface area contributed by atoms with Gasteiger partial charge in [0.25, 0.3) is 5.91 Å². The van der Waals surface area contributed by atoms with Gasteiger partial charge < -0.3 is 5.32 Å². The van der Waals surface area contributed by atoms with Crippen LogP contribution in [-0.4, -0.2) is 12.5 Å². The summed E-state index contributed by atoms with van der Waals surface area (Å²) in [5.74, 6) is -0.918. The average Bonchev–Trinajstić information content (AvgIpc) is 2.44. The number of amides is 1. The molecule has 0 aliphatic carbocycles. The Balaban J connectivity index is 1.96. The SMILES string of the molecule is Cc1ccccc1CCNC(=O)c1cccc(Br)c1F. The Morgan fingerprint density at radius 1 is 1.20 bits per heavy atom. The van der Waals surface area contributed by atoms with E-state index in [0.29, 0.717) is 11.0 Å². The van der Waals surface area contributed by atoms with Gasteiger partial charge in [0.1, 0.15) is 5.82 Å². The lowest BCUT2D eigenvalue weighted by Crippen LogP contribution is -2.26. The molecule has 0 aromatic heterocycles. The second kappa shape index (κ2) is 6.66. The molecule has 0 atom stereocenters. The first kappa shape index (κ1) is 14.7. The van der Waals surface area contributed by atoms with Gasteiger partial charge in [-0.2, -0.15) is 0 Å². The van der Waals surface area contributed by atoms with Gasteiger partial charge in [0, 0.05) is 6.54 Å². The Morgan fingerprint density at radius 3 is 2.70 bits per heavy atom. The second-order valence-electron chi connectivity index (χ2n) is 4.53. The van der Waals surface area contributed by atoms with E-state index < -0.39 is 11.7 Å². The lowest BCUT2D eigenvalue weighted by molar-refractivity contribution is 0.0950. The van der Waals surface area contributed by atoms with Gasteiger partial charge in [0.2, 0.25) is 0 Å². The third kappa shape index (κ3) is 3.45. The molecule has 0 bridgehead atoms. The molecule has 104 valence electrons. The molecule has 0 heterocycles. The van der Waals surface area contributed by atoms with Gasteiger partial charge in [0.15, 0.2) is 0 Å². The average molecular weight is 336 g/mol. The van der Waals surface area contributed by atoms with Crippen molar-refractivity contribution in [1.82, 2.24) is 5.32 Å². The zero-order valence-electron chi connectivity index (χ0n) is 11.1. The number of carbonyl (C=O) groups is 1. The molecule has 0 aliphatic heterocycles. The minimum absolute atomic E-state index is 0.0594. The van der Waals surface area contributed by atoms with Crippen molar-refractivity contribution in [2.24, 2.45) is 0 Å². The number of nitrogens with one attached hydrogen (secondary N) is 1. The number of hydrogen-bond donors (Lipinski definition) is 1. The van der Waals surface area contributed by atoms with Crippen molar-refractivity contribution in [3.05, 3.63) is 69.4 Å². The van der Waals surface area contributed by atoms with E-state index in [4.69, 9.17) is 0 Å². The number of benzene rings is 2. The summed E-state index contributed by atoms with van der Waals surface area (Å²) in [5.41, 5.74) is 2.43. The summed E-state index contributed by atoms with van der Waals surface area (Å²) in [6.45, 7) is 2.51. The summed E-state index contributed by atoms with van der Waals surface area (Å²) in [7, 11) is 0. The minimum Gasteiger partial charge on any atom is -0.352 e. The standard InChI is InChI=1S/C16H15BrFNO/c1-11-5-2-3-6-12(11)9-10-19-16(20)13-7-4-8-14(17)15(13)18/h2-8H,9-10H2,1H3,(H,19,20). The Hall–Kier alpha value is -1.68. The Kier molecular flexibility index (Phi) is 4.90. The van der Waals surface area contributed by atoms with Gasteiger partial charge >= 0.3 is 0 Å². The molecule has 1 N–H and O–H groups in total. The largest absolute Gasteiger partial charge is 0.352 e. The molecule has 0 aliphatic rings. The van der Waals surface area contributed by atoms with Gasteiger partial charge in [-0.15, -0.1) is 0 Å². The summed E-state index contributed by atoms with van der Waals surface area (Å²) in [6, 6.07) is 12.7. The van der Waals surface area contributed by atoms with E-state index in [-0.39, 0.29) is 5.56 Å². The maximum absolute atomic E-state index is 13.8. The molecule has 20 heavy (non-hydrogen) atoms. The Morgan fingerprint density at radius 2 is 1.95 bits per heavy atom. The first-order chi connectivity index (χ1) is 9.59. The van der Waals surface area contributed by atoms with Gasteiger partial charge in [-0.05, 0) is 52.5 Å².